The van der Waals surface area contributed by atoms with Crippen LogP contribution in [0.15, 0.2) is 0 Å². The van der Waals surface area contributed by atoms with Crippen LogP contribution in [0, 0.1) is 5.92 Å². The van der Waals surface area contributed by atoms with Crippen molar-refractivity contribution in [3.05, 3.63) is 11.6 Å². The number of rotatable bonds is 2. The van der Waals surface area contributed by atoms with E-state index in [9.17, 15) is 13.2 Å². The SMILES string of the molecule is Cn1nc(C(F)(F)F)nc1CC1CCNC1. The summed E-state index contributed by atoms with van der Waals surface area (Å²) in [5.74, 6) is -0.277. The molecule has 2 heterocycles. The van der Waals surface area contributed by atoms with Crippen LogP contribution in [0.3, 0.4) is 0 Å². The summed E-state index contributed by atoms with van der Waals surface area (Å²) in [6.45, 7) is 1.77. The zero-order chi connectivity index (χ0) is 11.8. The molecule has 0 amide bonds. The summed E-state index contributed by atoms with van der Waals surface area (Å²) >= 11 is 0. The van der Waals surface area contributed by atoms with Gasteiger partial charge in [0.1, 0.15) is 5.82 Å². The maximum Gasteiger partial charge on any atom is 0.453 e. The third kappa shape index (κ3) is 2.34. The lowest BCUT2D eigenvalue weighted by atomic mass is 10.1. The molecule has 0 aliphatic carbocycles. The minimum atomic E-state index is -4.45. The van der Waals surface area contributed by atoms with Gasteiger partial charge in [-0.1, -0.05) is 0 Å². The molecule has 2 rings (SSSR count). The van der Waals surface area contributed by atoms with Gasteiger partial charge in [0.25, 0.3) is 5.82 Å². The highest BCUT2D eigenvalue weighted by molar-refractivity contribution is 4.98. The second-order valence-electron chi connectivity index (χ2n) is 4.04. The van der Waals surface area contributed by atoms with Crippen molar-refractivity contribution in [2.75, 3.05) is 13.1 Å². The second kappa shape index (κ2) is 4.04. The molecule has 1 unspecified atom stereocenters. The summed E-state index contributed by atoms with van der Waals surface area (Å²) in [6, 6.07) is 0. The molecule has 1 aromatic heterocycles. The number of halogens is 3. The van der Waals surface area contributed by atoms with E-state index in [1.165, 1.54) is 11.7 Å². The maximum absolute atomic E-state index is 12.3. The molecule has 0 bridgehead atoms. The van der Waals surface area contributed by atoms with Crippen molar-refractivity contribution >= 4 is 0 Å². The van der Waals surface area contributed by atoms with Gasteiger partial charge in [-0.2, -0.15) is 13.2 Å². The molecule has 7 heteroatoms. The van der Waals surface area contributed by atoms with Gasteiger partial charge in [-0.15, -0.1) is 5.10 Å². The summed E-state index contributed by atoms with van der Waals surface area (Å²) in [6.07, 6.45) is -2.93. The van der Waals surface area contributed by atoms with Crippen molar-refractivity contribution in [3.8, 4) is 0 Å². The van der Waals surface area contributed by atoms with Crippen LogP contribution in [-0.4, -0.2) is 27.9 Å². The number of aromatic nitrogens is 3. The van der Waals surface area contributed by atoms with E-state index in [-0.39, 0.29) is 0 Å². The van der Waals surface area contributed by atoms with Crippen molar-refractivity contribution in [3.63, 3.8) is 0 Å². The summed E-state index contributed by atoms with van der Waals surface area (Å²) in [7, 11) is 1.50. The van der Waals surface area contributed by atoms with Crippen LogP contribution >= 0.6 is 0 Å². The zero-order valence-electron chi connectivity index (χ0n) is 8.88. The Balaban J connectivity index is 2.12. The summed E-state index contributed by atoms with van der Waals surface area (Å²) < 4.78 is 38.3. The van der Waals surface area contributed by atoms with E-state index in [2.05, 4.69) is 15.4 Å². The van der Waals surface area contributed by atoms with Gasteiger partial charge in [-0.05, 0) is 25.4 Å². The first-order valence-corrected chi connectivity index (χ1v) is 5.14. The van der Waals surface area contributed by atoms with E-state index in [0.29, 0.717) is 18.2 Å². The Morgan fingerprint density at radius 2 is 2.25 bits per heavy atom. The monoisotopic (exact) mass is 234 g/mol. The molecular weight excluding hydrogens is 221 g/mol. The van der Waals surface area contributed by atoms with E-state index in [0.717, 1.165) is 19.5 Å². The Hall–Kier alpha value is -1.11. The lowest BCUT2D eigenvalue weighted by Gasteiger charge is -2.05. The quantitative estimate of drug-likeness (QED) is 0.829. The number of aryl methyl sites for hydroxylation is 1. The van der Waals surface area contributed by atoms with E-state index in [1.54, 1.807) is 0 Å². The molecule has 1 atom stereocenters. The number of nitrogens with one attached hydrogen (secondary N) is 1. The van der Waals surface area contributed by atoms with Crippen LogP contribution in [-0.2, 0) is 19.6 Å². The normalized spacial score (nSPS) is 21.6. The van der Waals surface area contributed by atoms with Gasteiger partial charge in [0.15, 0.2) is 0 Å². The molecule has 90 valence electrons. The van der Waals surface area contributed by atoms with Crippen LogP contribution in [0.25, 0.3) is 0 Å². The van der Waals surface area contributed by atoms with Crippen LogP contribution < -0.4 is 5.32 Å². The number of alkyl halides is 3. The highest BCUT2D eigenvalue weighted by atomic mass is 19.4. The topological polar surface area (TPSA) is 42.7 Å². The lowest BCUT2D eigenvalue weighted by Crippen LogP contribution is -2.13. The van der Waals surface area contributed by atoms with Crippen molar-refractivity contribution in [2.45, 2.75) is 19.0 Å². The third-order valence-electron chi connectivity index (χ3n) is 2.74. The molecule has 1 fully saturated rings. The second-order valence-corrected chi connectivity index (χ2v) is 4.04. The Morgan fingerprint density at radius 1 is 1.50 bits per heavy atom. The number of hydrogen-bond acceptors (Lipinski definition) is 3. The zero-order valence-corrected chi connectivity index (χ0v) is 8.88. The molecule has 0 saturated carbocycles. The van der Waals surface area contributed by atoms with Crippen molar-refractivity contribution in [2.24, 2.45) is 13.0 Å². The van der Waals surface area contributed by atoms with Crippen molar-refractivity contribution in [1.29, 1.82) is 0 Å². The summed E-state index contributed by atoms with van der Waals surface area (Å²) in [5.41, 5.74) is 0. The molecule has 1 saturated heterocycles. The summed E-state index contributed by atoms with van der Waals surface area (Å²) in [4.78, 5) is 3.54. The van der Waals surface area contributed by atoms with Gasteiger partial charge in [0.2, 0.25) is 0 Å². The first kappa shape index (κ1) is 11.4. The smallest absolute Gasteiger partial charge is 0.316 e. The Kier molecular flexibility index (Phi) is 2.88. The van der Waals surface area contributed by atoms with Crippen LogP contribution in [0.2, 0.25) is 0 Å². The van der Waals surface area contributed by atoms with Crippen LogP contribution in [0.4, 0.5) is 13.2 Å². The first-order chi connectivity index (χ1) is 7.47. The molecule has 4 nitrogen and oxygen atoms in total. The third-order valence-corrected chi connectivity index (χ3v) is 2.74. The molecule has 1 aliphatic heterocycles. The van der Waals surface area contributed by atoms with Gasteiger partial charge in [-0.3, -0.25) is 4.68 Å². The first-order valence-electron chi connectivity index (χ1n) is 5.14. The predicted octanol–water partition coefficient (Wildman–Crippen LogP) is 0.986. The molecular formula is C9H13F3N4. The largest absolute Gasteiger partial charge is 0.453 e. The molecule has 1 aromatic rings. The average molecular weight is 234 g/mol. The fourth-order valence-corrected chi connectivity index (χ4v) is 1.86. The minimum Gasteiger partial charge on any atom is -0.316 e. The van der Waals surface area contributed by atoms with E-state index >= 15 is 0 Å². The van der Waals surface area contributed by atoms with Crippen LogP contribution in [0.5, 0.6) is 0 Å². The molecule has 0 radical (unpaired) electrons. The Bertz CT molecular complexity index is 365. The van der Waals surface area contributed by atoms with Gasteiger partial charge >= 0.3 is 6.18 Å². The Labute approximate surface area is 90.9 Å². The highest BCUT2D eigenvalue weighted by Gasteiger charge is 2.36. The molecule has 16 heavy (non-hydrogen) atoms. The van der Waals surface area contributed by atoms with E-state index in [4.69, 9.17) is 0 Å². The standard InChI is InChI=1S/C9H13F3N4/c1-16-7(4-6-2-3-13-5-6)14-8(15-16)9(10,11)12/h6,13H,2-5H2,1H3. The molecule has 0 spiro atoms. The number of hydrogen-bond donors (Lipinski definition) is 1. The van der Waals surface area contributed by atoms with Crippen molar-refractivity contribution < 1.29 is 13.2 Å². The average Bonchev–Trinajstić information content (AvgIpc) is 2.76. The highest BCUT2D eigenvalue weighted by Crippen LogP contribution is 2.26. The Morgan fingerprint density at radius 3 is 2.75 bits per heavy atom. The molecule has 1 aliphatic rings. The number of nitrogens with zero attached hydrogens (tertiary/aromatic N) is 3. The van der Waals surface area contributed by atoms with Gasteiger partial charge in [0.05, 0.1) is 0 Å². The predicted molar refractivity (Wildman–Crippen MR) is 50.7 cm³/mol. The van der Waals surface area contributed by atoms with Crippen LogP contribution in [0.1, 0.15) is 18.1 Å². The van der Waals surface area contributed by atoms with E-state index in [1.807, 2.05) is 0 Å². The molecule has 0 aromatic carbocycles. The van der Waals surface area contributed by atoms with E-state index < -0.39 is 12.0 Å². The minimum absolute atomic E-state index is 0.365. The fourth-order valence-electron chi connectivity index (χ4n) is 1.86. The van der Waals surface area contributed by atoms with Gasteiger partial charge in [0, 0.05) is 13.5 Å². The van der Waals surface area contributed by atoms with Crippen molar-refractivity contribution in [1.82, 2.24) is 20.1 Å². The maximum atomic E-state index is 12.3. The molecule has 1 N–H and O–H groups in total. The lowest BCUT2D eigenvalue weighted by molar-refractivity contribution is -0.145. The van der Waals surface area contributed by atoms with Gasteiger partial charge in [-0.25, -0.2) is 4.98 Å². The summed E-state index contributed by atoms with van der Waals surface area (Å²) in [5, 5.41) is 6.55. The fraction of sp³-hybridized carbons (Fsp3) is 0.778. The van der Waals surface area contributed by atoms with Gasteiger partial charge < -0.3 is 5.32 Å².